The number of hydrogen-bond acceptors (Lipinski definition) is 6. The standard InChI is InChI=1S/C35H41N5O4/c1-35(2,3)44-34(42)40-17-14-23-10-11-28(19-25(23)22-40)43-30-13-16-37-33-32(30)29(21-38-33)24-12-15-36-26(18-24)20-31(41)39(4)27-8-6-5-7-9-27/h10-13,15-16,18-19,21,27H,5-9,14,17,20,22H2,1-4H3,(H,37,38). The van der Waals surface area contributed by atoms with Gasteiger partial charge in [-0.2, -0.15) is 0 Å². The number of benzene rings is 1. The van der Waals surface area contributed by atoms with Crippen molar-refractivity contribution < 1.29 is 19.1 Å². The van der Waals surface area contributed by atoms with E-state index in [2.05, 4.69) is 21.0 Å². The molecular weight excluding hydrogens is 554 g/mol. The van der Waals surface area contributed by atoms with Gasteiger partial charge in [0.2, 0.25) is 5.91 Å². The van der Waals surface area contributed by atoms with Crippen LogP contribution in [0.3, 0.4) is 0 Å². The molecule has 1 N–H and O–H groups in total. The van der Waals surface area contributed by atoms with Gasteiger partial charge in [0.15, 0.2) is 0 Å². The fourth-order valence-electron chi connectivity index (χ4n) is 6.24. The number of likely N-dealkylation sites (N-methyl/N-ethyl adjacent to an activating group) is 1. The van der Waals surface area contributed by atoms with E-state index in [0.29, 0.717) is 36.3 Å². The summed E-state index contributed by atoms with van der Waals surface area (Å²) in [7, 11) is 1.92. The molecule has 1 fully saturated rings. The summed E-state index contributed by atoms with van der Waals surface area (Å²) in [4.78, 5) is 41.8. The zero-order chi connectivity index (χ0) is 30.8. The van der Waals surface area contributed by atoms with E-state index in [1.807, 2.05) is 69.2 Å². The number of pyridine rings is 2. The van der Waals surface area contributed by atoms with Crippen molar-refractivity contribution >= 4 is 23.0 Å². The van der Waals surface area contributed by atoms with E-state index < -0.39 is 5.60 Å². The third-order valence-electron chi connectivity index (χ3n) is 8.58. The lowest BCUT2D eigenvalue weighted by Gasteiger charge is -2.31. The molecule has 6 rings (SSSR count). The first-order valence-corrected chi connectivity index (χ1v) is 15.6. The van der Waals surface area contributed by atoms with Crippen LogP contribution < -0.4 is 4.74 Å². The summed E-state index contributed by atoms with van der Waals surface area (Å²) in [6.07, 6.45) is 11.9. The molecule has 3 aromatic heterocycles. The Balaban J connectivity index is 1.22. The highest BCUT2D eigenvalue weighted by Gasteiger charge is 2.26. The van der Waals surface area contributed by atoms with Crippen LogP contribution in [0.2, 0.25) is 0 Å². The van der Waals surface area contributed by atoms with Gasteiger partial charge >= 0.3 is 6.09 Å². The van der Waals surface area contributed by atoms with E-state index in [9.17, 15) is 9.59 Å². The Morgan fingerprint density at radius 2 is 1.82 bits per heavy atom. The Bertz CT molecular complexity index is 1670. The zero-order valence-corrected chi connectivity index (χ0v) is 26.1. The van der Waals surface area contributed by atoms with Crippen LogP contribution in [0.25, 0.3) is 22.2 Å². The van der Waals surface area contributed by atoms with Gasteiger partial charge in [-0.3, -0.25) is 9.78 Å². The molecule has 0 spiro atoms. The fraction of sp³-hybridized carbons (Fsp3) is 0.429. The molecule has 2 aliphatic rings. The van der Waals surface area contributed by atoms with Gasteiger partial charge < -0.3 is 24.3 Å². The number of hydrogen-bond donors (Lipinski definition) is 1. The molecule has 1 aromatic carbocycles. The van der Waals surface area contributed by atoms with E-state index in [0.717, 1.165) is 47.0 Å². The summed E-state index contributed by atoms with van der Waals surface area (Å²) in [5, 5.41) is 0.850. The number of nitrogens with zero attached hydrogens (tertiary/aromatic N) is 4. The average Bonchev–Trinajstić information content (AvgIpc) is 3.45. The van der Waals surface area contributed by atoms with Crippen molar-refractivity contribution in [1.82, 2.24) is 24.8 Å². The second kappa shape index (κ2) is 12.3. The summed E-state index contributed by atoms with van der Waals surface area (Å²) in [6.45, 7) is 6.72. The summed E-state index contributed by atoms with van der Waals surface area (Å²) < 4.78 is 12.1. The van der Waals surface area contributed by atoms with Crippen LogP contribution >= 0.6 is 0 Å². The first-order valence-electron chi connectivity index (χ1n) is 15.6. The smallest absolute Gasteiger partial charge is 0.410 e. The lowest BCUT2D eigenvalue weighted by atomic mass is 9.94. The third-order valence-corrected chi connectivity index (χ3v) is 8.58. The molecule has 4 heterocycles. The number of aromatic nitrogens is 3. The predicted octanol–water partition coefficient (Wildman–Crippen LogP) is 7.04. The molecule has 0 bridgehead atoms. The number of fused-ring (bicyclic) bond motifs is 2. The quantitative estimate of drug-likeness (QED) is 0.257. The minimum Gasteiger partial charge on any atom is -0.457 e. The van der Waals surface area contributed by atoms with Gasteiger partial charge in [-0.1, -0.05) is 25.3 Å². The van der Waals surface area contributed by atoms with Crippen molar-refractivity contribution in [3.63, 3.8) is 0 Å². The third kappa shape index (κ3) is 6.56. The lowest BCUT2D eigenvalue weighted by molar-refractivity contribution is -0.131. The van der Waals surface area contributed by atoms with Crippen molar-refractivity contribution in [2.75, 3.05) is 13.6 Å². The molecule has 1 aliphatic carbocycles. The molecule has 1 saturated carbocycles. The second-order valence-electron chi connectivity index (χ2n) is 12.9. The van der Waals surface area contributed by atoms with Crippen molar-refractivity contribution in [2.45, 2.75) is 83.9 Å². The minimum atomic E-state index is -0.542. The Kier molecular flexibility index (Phi) is 8.29. The molecule has 0 radical (unpaired) electrons. The van der Waals surface area contributed by atoms with Gasteiger partial charge in [0, 0.05) is 50.3 Å². The van der Waals surface area contributed by atoms with Crippen molar-refractivity contribution in [3.05, 3.63) is 71.8 Å². The van der Waals surface area contributed by atoms with Gasteiger partial charge in [-0.15, -0.1) is 0 Å². The van der Waals surface area contributed by atoms with Gasteiger partial charge in [0.1, 0.15) is 22.7 Å². The first kappa shape index (κ1) is 29.7. The summed E-state index contributed by atoms with van der Waals surface area (Å²) in [5.41, 5.74) is 5.01. The average molecular weight is 596 g/mol. The van der Waals surface area contributed by atoms with Gasteiger partial charge in [0.25, 0.3) is 0 Å². The number of carbonyl (C=O) groups excluding carboxylic acids is 2. The number of aromatic amines is 1. The van der Waals surface area contributed by atoms with Crippen LogP contribution in [0, 0.1) is 0 Å². The zero-order valence-electron chi connectivity index (χ0n) is 26.1. The maximum absolute atomic E-state index is 13.1. The van der Waals surface area contributed by atoms with Crippen molar-refractivity contribution in [2.24, 2.45) is 0 Å². The van der Waals surface area contributed by atoms with E-state index >= 15 is 0 Å². The Morgan fingerprint density at radius 3 is 2.61 bits per heavy atom. The highest BCUT2D eigenvalue weighted by molar-refractivity contribution is 5.98. The Hall–Kier alpha value is -4.40. The van der Waals surface area contributed by atoms with Gasteiger partial charge in [-0.05, 0) is 87.1 Å². The lowest BCUT2D eigenvalue weighted by Crippen LogP contribution is -2.39. The molecule has 4 aromatic rings. The van der Waals surface area contributed by atoms with Crippen LogP contribution in [0.1, 0.15) is 69.7 Å². The number of carbonyl (C=O) groups is 2. The van der Waals surface area contributed by atoms with Gasteiger partial charge in [0.05, 0.1) is 17.5 Å². The van der Waals surface area contributed by atoms with E-state index in [-0.39, 0.29) is 18.4 Å². The number of rotatable bonds is 6. The molecule has 2 amide bonds. The number of H-pyrrole nitrogens is 1. The van der Waals surface area contributed by atoms with Crippen molar-refractivity contribution in [1.29, 1.82) is 0 Å². The Labute approximate surface area is 258 Å². The highest BCUT2D eigenvalue weighted by atomic mass is 16.6. The van der Waals surface area contributed by atoms with Crippen LogP contribution in [-0.4, -0.2) is 62.0 Å². The molecule has 0 unspecified atom stereocenters. The van der Waals surface area contributed by atoms with E-state index in [1.54, 1.807) is 17.3 Å². The molecular formula is C35H41N5O4. The van der Waals surface area contributed by atoms with E-state index in [4.69, 9.17) is 9.47 Å². The maximum atomic E-state index is 13.1. The predicted molar refractivity (Wildman–Crippen MR) is 170 cm³/mol. The molecule has 9 heteroatoms. The summed E-state index contributed by atoms with van der Waals surface area (Å²) in [5.74, 6) is 1.45. The molecule has 0 atom stereocenters. The van der Waals surface area contributed by atoms with Crippen LogP contribution in [-0.2, 0) is 28.9 Å². The topological polar surface area (TPSA) is 101 Å². The molecule has 9 nitrogen and oxygen atoms in total. The van der Waals surface area contributed by atoms with Crippen LogP contribution in [0.4, 0.5) is 4.79 Å². The number of nitrogens with one attached hydrogen (secondary N) is 1. The van der Waals surface area contributed by atoms with Crippen molar-refractivity contribution in [3.8, 4) is 22.6 Å². The molecule has 1 aliphatic heterocycles. The Morgan fingerprint density at radius 1 is 1.02 bits per heavy atom. The molecule has 0 saturated heterocycles. The monoisotopic (exact) mass is 595 g/mol. The van der Waals surface area contributed by atoms with Crippen LogP contribution in [0.15, 0.2) is 55.0 Å². The van der Waals surface area contributed by atoms with Gasteiger partial charge in [-0.25, -0.2) is 9.78 Å². The molecule has 44 heavy (non-hydrogen) atoms. The summed E-state index contributed by atoms with van der Waals surface area (Å²) >= 11 is 0. The van der Waals surface area contributed by atoms with Crippen LogP contribution in [0.5, 0.6) is 11.5 Å². The second-order valence-corrected chi connectivity index (χ2v) is 12.9. The largest absolute Gasteiger partial charge is 0.457 e. The fourth-order valence-corrected chi connectivity index (χ4v) is 6.24. The summed E-state index contributed by atoms with van der Waals surface area (Å²) in [6, 6.07) is 12.2. The first-order chi connectivity index (χ1) is 21.1. The SMILES string of the molecule is CN(C(=O)Cc1cc(-c2c[nH]c3nccc(Oc4ccc5c(c4)CN(C(=O)OC(C)(C)C)CC5)c23)ccn1)C1CCCCC1. The molecule has 230 valence electrons. The number of ether oxygens (including phenoxy) is 2. The van der Waals surface area contributed by atoms with E-state index in [1.165, 1.54) is 24.8 Å². The maximum Gasteiger partial charge on any atom is 0.410 e. The minimum absolute atomic E-state index is 0.101. The number of amides is 2. The highest BCUT2D eigenvalue weighted by Crippen LogP contribution is 2.37. The normalized spacial score (nSPS) is 15.6.